The summed E-state index contributed by atoms with van der Waals surface area (Å²) in [6, 6.07) is 10.8. The van der Waals surface area contributed by atoms with Crippen LogP contribution < -0.4 is 16.0 Å². The molecule has 1 unspecified atom stereocenters. The van der Waals surface area contributed by atoms with Crippen LogP contribution in [0.4, 0.5) is 5.69 Å². The zero-order valence-electron chi connectivity index (χ0n) is 15.0. The number of carbonyl (C=O) groups excluding carboxylic acids is 1. The molecule has 0 fully saturated rings. The molecule has 9 nitrogen and oxygen atoms in total. The molecule has 146 valence electrons. The van der Waals surface area contributed by atoms with Gasteiger partial charge < -0.3 is 4.74 Å². The van der Waals surface area contributed by atoms with Crippen LogP contribution in [0.5, 0.6) is 0 Å². The molecule has 0 aliphatic heterocycles. The molecule has 3 rings (SSSR count). The van der Waals surface area contributed by atoms with E-state index in [4.69, 9.17) is 4.55 Å². The van der Waals surface area contributed by atoms with Gasteiger partial charge in [0.2, 0.25) is 0 Å². The van der Waals surface area contributed by atoms with Crippen LogP contribution in [-0.4, -0.2) is 31.0 Å². The van der Waals surface area contributed by atoms with Gasteiger partial charge in [-0.05, 0) is 35.9 Å². The van der Waals surface area contributed by atoms with Crippen molar-refractivity contribution in [1.82, 2.24) is 9.13 Å². The molecule has 0 bridgehead atoms. The van der Waals surface area contributed by atoms with Gasteiger partial charge in [-0.1, -0.05) is 12.1 Å². The predicted molar refractivity (Wildman–Crippen MR) is 105 cm³/mol. The number of anilines is 1. The number of benzene rings is 2. The maximum Gasteiger partial charge on any atom is 0.337 e. The number of nitrogens with zero attached hydrogens (tertiary/aromatic N) is 2. The number of fused-ring (bicyclic) bond motifs is 1. The van der Waals surface area contributed by atoms with E-state index < -0.39 is 28.5 Å². The standard InChI is InChI=1S/C18H17N3O6S/c1-20-15-8-5-12(17(23)27-2)9-14(15)16(22)21(18(20)24)10-11-3-6-13(7-4-11)19-28(25)26/h3-9,19H,10H2,1-2H3,(H,25,26). The summed E-state index contributed by atoms with van der Waals surface area (Å²) in [4.78, 5) is 37.3. The smallest absolute Gasteiger partial charge is 0.337 e. The molecule has 1 heterocycles. The SMILES string of the molecule is COC(=O)c1ccc2c(c1)c(=O)n(Cc1ccc(NS(=O)O)cc1)c(=O)n2C. The largest absolute Gasteiger partial charge is 0.465 e. The molecule has 1 atom stereocenters. The number of aromatic nitrogens is 2. The molecular formula is C18H17N3O6S. The fourth-order valence-electron chi connectivity index (χ4n) is 2.86. The Bertz CT molecular complexity index is 1200. The predicted octanol–water partition coefficient (Wildman–Crippen LogP) is 1.08. The average Bonchev–Trinajstić information content (AvgIpc) is 2.69. The number of hydrogen-bond donors (Lipinski definition) is 2. The number of methoxy groups -OCH3 is 1. The van der Waals surface area contributed by atoms with Gasteiger partial charge >= 0.3 is 11.7 Å². The molecular weight excluding hydrogens is 386 g/mol. The van der Waals surface area contributed by atoms with E-state index in [0.717, 1.165) is 4.57 Å². The highest BCUT2D eigenvalue weighted by Gasteiger charge is 2.14. The van der Waals surface area contributed by atoms with Crippen molar-refractivity contribution in [2.75, 3.05) is 11.8 Å². The quantitative estimate of drug-likeness (QED) is 0.486. The summed E-state index contributed by atoms with van der Waals surface area (Å²) in [6.45, 7) is 0.00634. The van der Waals surface area contributed by atoms with E-state index in [1.54, 1.807) is 31.3 Å². The van der Waals surface area contributed by atoms with Crippen LogP contribution in [0.25, 0.3) is 10.9 Å². The first kappa shape index (κ1) is 19.5. The lowest BCUT2D eigenvalue weighted by atomic mass is 10.1. The second kappa shape index (κ2) is 7.79. The first-order chi connectivity index (χ1) is 13.3. The molecule has 0 aliphatic rings. The minimum atomic E-state index is -2.19. The number of rotatable bonds is 5. The van der Waals surface area contributed by atoms with Crippen LogP contribution in [0.15, 0.2) is 52.1 Å². The third-order valence-corrected chi connectivity index (χ3v) is 4.68. The lowest BCUT2D eigenvalue weighted by Crippen LogP contribution is -2.39. The summed E-state index contributed by atoms with van der Waals surface area (Å²) in [6.07, 6.45) is 0. The molecule has 0 spiro atoms. The molecule has 0 saturated heterocycles. The lowest BCUT2D eigenvalue weighted by molar-refractivity contribution is 0.0601. The van der Waals surface area contributed by atoms with Crippen molar-refractivity contribution in [3.05, 3.63) is 74.4 Å². The molecule has 0 radical (unpaired) electrons. The molecule has 2 aromatic carbocycles. The highest BCUT2D eigenvalue weighted by atomic mass is 32.2. The zero-order valence-corrected chi connectivity index (χ0v) is 15.9. The second-order valence-corrected chi connectivity index (χ2v) is 6.71. The number of esters is 1. The van der Waals surface area contributed by atoms with Gasteiger partial charge in [0, 0.05) is 12.7 Å². The van der Waals surface area contributed by atoms with Crippen molar-refractivity contribution in [1.29, 1.82) is 0 Å². The van der Waals surface area contributed by atoms with Crippen LogP contribution in [0.1, 0.15) is 15.9 Å². The third kappa shape index (κ3) is 3.73. The van der Waals surface area contributed by atoms with Crippen LogP contribution in [0, 0.1) is 0 Å². The Labute approximate surface area is 161 Å². The normalized spacial score (nSPS) is 12.0. The highest BCUT2D eigenvalue weighted by molar-refractivity contribution is 7.80. The highest BCUT2D eigenvalue weighted by Crippen LogP contribution is 2.13. The Hall–Kier alpha value is -3.24. The Kier molecular flexibility index (Phi) is 5.43. The number of aryl methyl sites for hydroxylation is 1. The first-order valence-corrected chi connectivity index (χ1v) is 9.21. The van der Waals surface area contributed by atoms with Gasteiger partial charge in [0.15, 0.2) is 0 Å². The third-order valence-electron chi connectivity index (χ3n) is 4.27. The van der Waals surface area contributed by atoms with Crippen molar-refractivity contribution < 1.29 is 18.3 Å². The summed E-state index contributed by atoms with van der Waals surface area (Å²) in [5.41, 5.74) is 0.668. The van der Waals surface area contributed by atoms with Crippen LogP contribution in [-0.2, 0) is 29.6 Å². The van der Waals surface area contributed by atoms with Gasteiger partial charge in [0.25, 0.3) is 16.8 Å². The fraction of sp³-hybridized carbons (Fsp3) is 0.167. The van der Waals surface area contributed by atoms with E-state index >= 15 is 0 Å². The molecule has 0 aliphatic carbocycles. The van der Waals surface area contributed by atoms with Crippen LogP contribution >= 0.6 is 0 Å². The molecule has 0 amide bonds. The molecule has 2 N–H and O–H groups in total. The van der Waals surface area contributed by atoms with Crippen molar-refractivity contribution in [3.8, 4) is 0 Å². The molecule has 3 aromatic rings. The molecule has 0 saturated carbocycles. The molecule has 10 heteroatoms. The van der Waals surface area contributed by atoms with E-state index in [1.807, 2.05) is 0 Å². The summed E-state index contributed by atoms with van der Waals surface area (Å²) in [5, 5.41) is 0.221. The number of nitrogens with one attached hydrogen (secondary N) is 1. The monoisotopic (exact) mass is 403 g/mol. The lowest BCUT2D eigenvalue weighted by Gasteiger charge is -2.12. The van der Waals surface area contributed by atoms with Crippen molar-refractivity contribution >= 4 is 33.8 Å². The van der Waals surface area contributed by atoms with Gasteiger partial charge in [0.1, 0.15) is 0 Å². The average molecular weight is 403 g/mol. The van der Waals surface area contributed by atoms with E-state index in [1.165, 1.54) is 29.9 Å². The summed E-state index contributed by atoms with van der Waals surface area (Å²) >= 11 is -2.19. The minimum Gasteiger partial charge on any atom is -0.465 e. The zero-order chi connectivity index (χ0) is 20.4. The Balaban J connectivity index is 2.07. The Morgan fingerprint density at radius 2 is 1.86 bits per heavy atom. The summed E-state index contributed by atoms with van der Waals surface area (Å²) in [5.74, 6) is -0.578. The van der Waals surface area contributed by atoms with E-state index in [9.17, 15) is 18.6 Å². The van der Waals surface area contributed by atoms with Crippen molar-refractivity contribution in [3.63, 3.8) is 0 Å². The second-order valence-electron chi connectivity index (χ2n) is 6.00. The number of ether oxygens (including phenoxy) is 1. The maximum absolute atomic E-state index is 12.9. The van der Waals surface area contributed by atoms with Gasteiger partial charge in [-0.2, -0.15) is 0 Å². The van der Waals surface area contributed by atoms with Gasteiger partial charge in [-0.25, -0.2) is 13.8 Å². The van der Waals surface area contributed by atoms with Gasteiger partial charge in [-0.3, -0.25) is 23.2 Å². The van der Waals surface area contributed by atoms with Gasteiger partial charge in [-0.15, -0.1) is 0 Å². The Morgan fingerprint density at radius 1 is 1.18 bits per heavy atom. The van der Waals surface area contributed by atoms with Crippen LogP contribution in [0.2, 0.25) is 0 Å². The topological polar surface area (TPSA) is 120 Å². The fourth-order valence-corrected chi connectivity index (χ4v) is 3.20. The van der Waals surface area contributed by atoms with E-state index in [2.05, 4.69) is 9.46 Å². The van der Waals surface area contributed by atoms with E-state index in [0.29, 0.717) is 16.8 Å². The molecule has 28 heavy (non-hydrogen) atoms. The van der Waals surface area contributed by atoms with Crippen LogP contribution in [0.3, 0.4) is 0 Å². The maximum atomic E-state index is 12.9. The summed E-state index contributed by atoms with van der Waals surface area (Å²) in [7, 11) is 2.79. The number of carbonyl (C=O) groups is 1. The van der Waals surface area contributed by atoms with Crippen molar-refractivity contribution in [2.24, 2.45) is 7.05 Å². The van der Waals surface area contributed by atoms with Crippen molar-refractivity contribution in [2.45, 2.75) is 6.54 Å². The van der Waals surface area contributed by atoms with Gasteiger partial charge in [0.05, 0.1) is 30.1 Å². The number of hydrogen-bond acceptors (Lipinski definition) is 5. The minimum absolute atomic E-state index is 0.00634. The summed E-state index contributed by atoms with van der Waals surface area (Å²) < 4.78 is 29.0. The first-order valence-electron chi connectivity index (χ1n) is 8.10. The Morgan fingerprint density at radius 3 is 2.46 bits per heavy atom. The molecule has 1 aromatic heterocycles. The van der Waals surface area contributed by atoms with E-state index in [-0.39, 0.29) is 17.5 Å².